The summed E-state index contributed by atoms with van der Waals surface area (Å²) in [4.78, 5) is 25.4. The van der Waals surface area contributed by atoms with E-state index in [9.17, 15) is 20.2 Å². The average molecular weight is 353 g/mol. The molecule has 1 heterocycles. The first-order valence-corrected chi connectivity index (χ1v) is 7.93. The van der Waals surface area contributed by atoms with Crippen LogP contribution in [0.3, 0.4) is 0 Å². The number of piperazine rings is 1. The van der Waals surface area contributed by atoms with Crippen LogP contribution in [0.25, 0.3) is 0 Å². The molecule has 26 heavy (non-hydrogen) atoms. The molecule has 3 rings (SSSR count). The quantitative estimate of drug-likeness (QED) is 0.612. The van der Waals surface area contributed by atoms with Gasteiger partial charge in [0.2, 0.25) is 0 Å². The minimum Gasteiger partial charge on any atom is -0.362 e. The Morgan fingerprint density at radius 2 is 1.38 bits per heavy atom. The lowest BCUT2D eigenvalue weighted by Crippen LogP contribution is -2.46. The SMILES string of the molecule is N#Cc1ccc(N2CCN(c3ccccc3[N+](=O)[O-])CC2)c([N+](=O)[O-])c1. The van der Waals surface area contributed by atoms with Gasteiger partial charge in [0.05, 0.1) is 21.5 Å². The van der Waals surface area contributed by atoms with Crippen molar-refractivity contribution in [1.82, 2.24) is 0 Å². The molecule has 1 aliphatic heterocycles. The van der Waals surface area contributed by atoms with Crippen molar-refractivity contribution >= 4 is 22.7 Å². The molecule has 0 spiro atoms. The zero-order valence-electron chi connectivity index (χ0n) is 13.7. The second kappa shape index (κ2) is 7.06. The third-order valence-corrected chi connectivity index (χ3v) is 4.34. The summed E-state index contributed by atoms with van der Waals surface area (Å²) in [6.45, 7) is 1.97. The molecule has 2 aromatic carbocycles. The highest BCUT2D eigenvalue weighted by molar-refractivity contribution is 5.68. The van der Waals surface area contributed by atoms with Gasteiger partial charge >= 0.3 is 0 Å². The number of nitrogens with zero attached hydrogens (tertiary/aromatic N) is 5. The van der Waals surface area contributed by atoms with Crippen molar-refractivity contribution in [3.05, 3.63) is 68.3 Å². The first-order valence-electron chi connectivity index (χ1n) is 7.93. The van der Waals surface area contributed by atoms with Crippen LogP contribution in [0, 0.1) is 31.6 Å². The summed E-state index contributed by atoms with van der Waals surface area (Å²) in [5, 5.41) is 31.4. The van der Waals surface area contributed by atoms with Crippen LogP contribution in [0.1, 0.15) is 5.56 Å². The smallest absolute Gasteiger partial charge is 0.293 e. The number of hydrogen-bond donors (Lipinski definition) is 0. The van der Waals surface area contributed by atoms with Crippen LogP contribution < -0.4 is 9.80 Å². The van der Waals surface area contributed by atoms with Gasteiger partial charge in [0.15, 0.2) is 0 Å². The van der Waals surface area contributed by atoms with Crippen molar-refractivity contribution in [2.75, 3.05) is 36.0 Å². The molecule has 0 aliphatic carbocycles. The molecule has 0 bridgehead atoms. The number of nitro benzene ring substituents is 2. The highest BCUT2D eigenvalue weighted by Crippen LogP contribution is 2.32. The highest BCUT2D eigenvalue weighted by atomic mass is 16.6. The van der Waals surface area contributed by atoms with Crippen LogP contribution in [0.15, 0.2) is 42.5 Å². The summed E-state index contributed by atoms with van der Waals surface area (Å²) in [5.74, 6) is 0. The lowest BCUT2D eigenvalue weighted by atomic mass is 10.1. The zero-order chi connectivity index (χ0) is 18.7. The second-order valence-electron chi connectivity index (χ2n) is 5.79. The molecule has 0 amide bonds. The van der Waals surface area contributed by atoms with E-state index in [1.807, 2.05) is 15.9 Å². The van der Waals surface area contributed by atoms with Crippen molar-refractivity contribution in [3.8, 4) is 6.07 Å². The van der Waals surface area contributed by atoms with Crippen molar-refractivity contribution in [2.24, 2.45) is 0 Å². The standard InChI is InChI=1S/C17H15N5O4/c18-12-13-5-6-15(17(11-13)22(25)26)20-9-7-19(8-10-20)14-3-1-2-4-16(14)21(23)24/h1-6,11H,7-10H2. The number of nitriles is 1. The Kier molecular flexibility index (Phi) is 4.66. The molecule has 2 aromatic rings. The fraction of sp³-hybridized carbons (Fsp3) is 0.235. The summed E-state index contributed by atoms with van der Waals surface area (Å²) < 4.78 is 0. The van der Waals surface area contributed by atoms with Gasteiger partial charge in [0, 0.05) is 38.3 Å². The largest absolute Gasteiger partial charge is 0.362 e. The molecule has 0 atom stereocenters. The van der Waals surface area contributed by atoms with Gasteiger partial charge in [0.1, 0.15) is 11.4 Å². The van der Waals surface area contributed by atoms with E-state index in [-0.39, 0.29) is 16.9 Å². The van der Waals surface area contributed by atoms with Crippen LogP contribution in [0.2, 0.25) is 0 Å². The molecule has 1 fully saturated rings. The maximum Gasteiger partial charge on any atom is 0.293 e. The predicted octanol–water partition coefficient (Wildman–Crippen LogP) is 2.70. The number of para-hydroxylation sites is 2. The number of hydrogen-bond acceptors (Lipinski definition) is 7. The van der Waals surface area contributed by atoms with Crippen molar-refractivity contribution in [1.29, 1.82) is 5.26 Å². The summed E-state index contributed by atoms with van der Waals surface area (Å²) in [7, 11) is 0. The molecule has 1 aliphatic rings. The molecular weight excluding hydrogens is 338 g/mol. The Hall–Kier alpha value is -3.67. The van der Waals surface area contributed by atoms with E-state index >= 15 is 0 Å². The van der Waals surface area contributed by atoms with E-state index in [4.69, 9.17) is 5.26 Å². The van der Waals surface area contributed by atoms with Crippen molar-refractivity contribution in [3.63, 3.8) is 0 Å². The average Bonchev–Trinajstić information content (AvgIpc) is 2.67. The lowest BCUT2D eigenvalue weighted by Gasteiger charge is -2.36. The van der Waals surface area contributed by atoms with Crippen LogP contribution >= 0.6 is 0 Å². The van der Waals surface area contributed by atoms with Crippen molar-refractivity contribution < 1.29 is 9.85 Å². The third-order valence-electron chi connectivity index (χ3n) is 4.34. The van der Waals surface area contributed by atoms with Gasteiger partial charge in [-0.15, -0.1) is 0 Å². The minimum atomic E-state index is -0.495. The summed E-state index contributed by atoms with van der Waals surface area (Å²) in [5.41, 5.74) is 1.18. The van der Waals surface area contributed by atoms with Gasteiger partial charge < -0.3 is 9.80 Å². The monoisotopic (exact) mass is 353 g/mol. The maximum absolute atomic E-state index is 11.3. The van der Waals surface area contributed by atoms with E-state index < -0.39 is 9.85 Å². The molecule has 9 heteroatoms. The first kappa shape index (κ1) is 17.2. The molecule has 0 radical (unpaired) electrons. The van der Waals surface area contributed by atoms with Gasteiger partial charge in [-0.2, -0.15) is 5.26 Å². The normalized spacial score (nSPS) is 14.0. The third kappa shape index (κ3) is 3.25. The lowest BCUT2D eigenvalue weighted by molar-refractivity contribution is -0.384. The molecule has 132 valence electrons. The first-order chi connectivity index (χ1) is 12.5. The fourth-order valence-corrected chi connectivity index (χ4v) is 3.08. The molecular formula is C17H15N5O4. The van der Waals surface area contributed by atoms with Crippen LogP contribution in [0.5, 0.6) is 0 Å². The van der Waals surface area contributed by atoms with Crippen LogP contribution in [-0.4, -0.2) is 36.0 Å². The van der Waals surface area contributed by atoms with Gasteiger partial charge in [-0.25, -0.2) is 0 Å². The molecule has 0 N–H and O–H groups in total. The van der Waals surface area contributed by atoms with Gasteiger partial charge in [-0.1, -0.05) is 12.1 Å². The van der Waals surface area contributed by atoms with Crippen molar-refractivity contribution in [2.45, 2.75) is 0 Å². The summed E-state index contributed by atoms with van der Waals surface area (Å²) >= 11 is 0. The van der Waals surface area contributed by atoms with Gasteiger partial charge in [-0.05, 0) is 18.2 Å². The Morgan fingerprint density at radius 3 is 1.92 bits per heavy atom. The number of benzene rings is 2. The maximum atomic E-state index is 11.3. The zero-order valence-corrected chi connectivity index (χ0v) is 13.7. The number of anilines is 2. The molecule has 0 saturated carbocycles. The molecule has 0 aromatic heterocycles. The Labute approximate surface area is 149 Å². The van der Waals surface area contributed by atoms with Gasteiger partial charge in [0.25, 0.3) is 11.4 Å². The molecule has 0 unspecified atom stereocenters. The van der Waals surface area contributed by atoms with Crippen LogP contribution in [-0.2, 0) is 0 Å². The summed E-state index contributed by atoms with van der Waals surface area (Å²) in [6, 6.07) is 12.8. The Morgan fingerprint density at radius 1 is 0.846 bits per heavy atom. The highest BCUT2D eigenvalue weighted by Gasteiger charge is 2.26. The van der Waals surface area contributed by atoms with E-state index in [1.54, 1.807) is 30.3 Å². The molecule has 9 nitrogen and oxygen atoms in total. The van der Waals surface area contributed by atoms with Crippen LogP contribution in [0.4, 0.5) is 22.7 Å². The summed E-state index contributed by atoms with van der Waals surface area (Å²) in [6.07, 6.45) is 0. The van der Waals surface area contributed by atoms with E-state index in [0.29, 0.717) is 37.6 Å². The Bertz CT molecular complexity index is 900. The minimum absolute atomic E-state index is 0.0466. The van der Waals surface area contributed by atoms with E-state index in [1.165, 1.54) is 12.1 Å². The Balaban J connectivity index is 1.81. The number of rotatable bonds is 4. The van der Waals surface area contributed by atoms with Gasteiger partial charge in [-0.3, -0.25) is 20.2 Å². The van der Waals surface area contributed by atoms with E-state index in [0.717, 1.165) is 0 Å². The topological polar surface area (TPSA) is 117 Å². The predicted molar refractivity (Wildman–Crippen MR) is 95.3 cm³/mol. The molecule has 1 saturated heterocycles. The van der Waals surface area contributed by atoms with E-state index in [2.05, 4.69) is 0 Å². The number of nitro groups is 2. The second-order valence-corrected chi connectivity index (χ2v) is 5.79. The fourth-order valence-electron chi connectivity index (χ4n) is 3.08.